The molecule has 22 heavy (non-hydrogen) atoms. The van der Waals surface area contributed by atoms with Gasteiger partial charge in [0.05, 0.1) is 23.7 Å². The van der Waals surface area contributed by atoms with Gasteiger partial charge in [-0.05, 0) is 31.9 Å². The van der Waals surface area contributed by atoms with Crippen LogP contribution in [0.4, 0.5) is 0 Å². The summed E-state index contributed by atoms with van der Waals surface area (Å²) < 4.78 is 5.30. The Hall–Kier alpha value is -0.950. The van der Waals surface area contributed by atoms with Gasteiger partial charge in [-0.1, -0.05) is 6.92 Å². The number of rotatable bonds is 6. The molecule has 6 heteroatoms. The number of hydrogen-bond acceptors (Lipinski definition) is 5. The molecule has 5 nitrogen and oxygen atoms in total. The smallest absolute Gasteiger partial charge is 0.261 e. The van der Waals surface area contributed by atoms with Gasteiger partial charge in [0.15, 0.2) is 0 Å². The molecule has 1 amide bonds. The lowest BCUT2D eigenvalue weighted by atomic mass is 10.1. The number of carbonyl (C=O) groups excluding carboxylic acids is 1. The van der Waals surface area contributed by atoms with Gasteiger partial charge in [-0.15, -0.1) is 11.3 Å². The van der Waals surface area contributed by atoms with Gasteiger partial charge in [-0.25, -0.2) is 0 Å². The van der Waals surface area contributed by atoms with Crippen LogP contribution in [0.25, 0.3) is 0 Å². The summed E-state index contributed by atoms with van der Waals surface area (Å²) in [6.45, 7) is 9.75. The number of nitrogens with zero attached hydrogens (tertiary/aromatic N) is 1. The minimum absolute atomic E-state index is 0.102. The average Bonchev–Trinajstić information content (AvgIpc) is 2.86. The highest BCUT2D eigenvalue weighted by Crippen LogP contribution is 2.22. The Morgan fingerprint density at radius 1 is 1.50 bits per heavy atom. The highest BCUT2D eigenvalue weighted by atomic mass is 32.1. The molecule has 1 fully saturated rings. The Balaban J connectivity index is 1.85. The maximum absolute atomic E-state index is 12.2. The van der Waals surface area contributed by atoms with E-state index in [1.165, 1.54) is 21.8 Å². The first-order valence-corrected chi connectivity index (χ1v) is 8.63. The lowest BCUT2D eigenvalue weighted by molar-refractivity contribution is -0.0213. The maximum Gasteiger partial charge on any atom is 0.261 e. The van der Waals surface area contributed by atoms with Gasteiger partial charge in [0.25, 0.3) is 5.91 Å². The van der Waals surface area contributed by atoms with Crippen LogP contribution in [0.2, 0.25) is 0 Å². The lowest BCUT2D eigenvalue weighted by Crippen LogP contribution is -2.51. The van der Waals surface area contributed by atoms with E-state index in [1.54, 1.807) is 6.92 Å². The fourth-order valence-corrected chi connectivity index (χ4v) is 3.67. The molecular weight excluding hydrogens is 300 g/mol. The first kappa shape index (κ1) is 17.4. The minimum Gasteiger partial charge on any atom is -0.387 e. The van der Waals surface area contributed by atoms with Gasteiger partial charge in [0.2, 0.25) is 0 Å². The molecule has 1 aromatic rings. The van der Waals surface area contributed by atoms with Gasteiger partial charge in [0, 0.05) is 31.1 Å². The summed E-state index contributed by atoms with van der Waals surface area (Å²) in [5, 5.41) is 13.3. The molecule has 124 valence electrons. The second-order valence-electron chi connectivity index (χ2n) is 6.11. The first-order valence-electron chi connectivity index (χ1n) is 7.81. The average molecular weight is 326 g/mol. The molecule has 1 aliphatic rings. The van der Waals surface area contributed by atoms with Crippen molar-refractivity contribution < 1.29 is 14.6 Å². The summed E-state index contributed by atoms with van der Waals surface area (Å²) in [4.78, 5) is 16.3. The molecule has 2 rings (SSSR count). The number of β-amino-alcohol motifs (C(OH)–C–C–N with tert-alkyl or cyclic N) is 1. The van der Waals surface area contributed by atoms with Gasteiger partial charge >= 0.3 is 0 Å². The number of ether oxygens (including phenoxy) is 1. The fraction of sp³-hybridized carbons (Fsp3) is 0.688. The third-order valence-corrected chi connectivity index (χ3v) is 5.01. The number of carbonyl (C=O) groups is 1. The van der Waals surface area contributed by atoms with Crippen LogP contribution in [-0.4, -0.2) is 60.9 Å². The Kier molecular flexibility index (Phi) is 5.97. The number of aryl methyl sites for hydroxylation is 2. The van der Waals surface area contributed by atoms with Crippen LogP contribution in [0.1, 0.15) is 34.0 Å². The van der Waals surface area contributed by atoms with E-state index in [0.29, 0.717) is 19.8 Å². The molecule has 2 N–H and O–H groups in total. The molecule has 0 bridgehead atoms. The second kappa shape index (κ2) is 7.55. The quantitative estimate of drug-likeness (QED) is 0.830. The summed E-state index contributed by atoms with van der Waals surface area (Å²) in [6.07, 6.45) is 0.935. The largest absolute Gasteiger partial charge is 0.387 e. The fourth-order valence-electron chi connectivity index (χ4n) is 2.64. The third kappa shape index (κ3) is 4.78. The highest BCUT2D eigenvalue weighted by Gasteiger charge is 2.26. The maximum atomic E-state index is 12.2. The number of aliphatic hydroxyl groups is 1. The molecule has 0 aromatic carbocycles. The van der Waals surface area contributed by atoms with E-state index in [9.17, 15) is 9.90 Å². The Morgan fingerprint density at radius 3 is 2.77 bits per heavy atom. The lowest BCUT2D eigenvalue weighted by Gasteiger charge is -2.33. The predicted octanol–water partition coefficient (Wildman–Crippen LogP) is 1.43. The van der Waals surface area contributed by atoms with Crippen molar-refractivity contribution in [3.05, 3.63) is 21.4 Å². The van der Waals surface area contributed by atoms with Crippen LogP contribution >= 0.6 is 11.3 Å². The number of morpholine rings is 1. The van der Waals surface area contributed by atoms with Crippen molar-refractivity contribution in [2.24, 2.45) is 0 Å². The van der Waals surface area contributed by atoms with Gasteiger partial charge < -0.3 is 15.2 Å². The molecule has 0 unspecified atom stereocenters. The molecule has 2 heterocycles. The number of nitrogens with one attached hydrogen (secondary N) is 1. The van der Waals surface area contributed by atoms with Crippen LogP contribution in [0.15, 0.2) is 6.07 Å². The Labute approximate surface area is 136 Å². The molecule has 0 aliphatic carbocycles. The molecule has 1 aromatic heterocycles. The highest BCUT2D eigenvalue weighted by molar-refractivity contribution is 7.14. The molecule has 0 spiro atoms. The topological polar surface area (TPSA) is 61.8 Å². The van der Waals surface area contributed by atoms with Crippen LogP contribution < -0.4 is 5.32 Å². The molecule has 1 atom stereocenters. The number of hydrogen-bond donors (Lipinski definition) is 2. The van der Waals surface area contributed by atoms with Gasteiger partial charge in [-0.3, -0.25) is 9.69 Å². The van der Waals surface area contributed by atoms with Crippen LogP contribution in [0, 0.1) is 6.92 Å². The molecular formula is C16H26N2O3S. The molecule has 0 radical (unpaired) electrons. The predicted molar refractivity (Wildman–Crippen MR) is 88.7 cm³/mol. The van der Waals surface area contributed by atoms with Gasteiger partial charge in [-0.2, -0.15) is 0 Å². The normalized spacial score (nSPS) is 18.9. The second-order valence-corrected chi connectivity index (χ2v) is 7.37. The van der Waals surface area contributed by atoms with Crippen LogP contribution in [0.3, 0.4) is 0 Å². The molecule has 1 saturated heterocycles. The zero-order valence-electron chi connectivity index (χ0n) is 13.6. The summed E-state index contributed by atoms with van der Waals surface area (Å²) in [7, 11) is 0. The Bertz CT molecular complexity index is 507. The van der Waals surface area contributed by atoms with Crippen molar-refractivity contribution in [3.8, 4) is 0 Å². The summed E-state index contributed by atoms with van der Waals surface area (Å²) in [5.74, 6) is -0.102. The van der Waals surface area contributed by atoms with Gasteiger partial charge in [0.1, 0.15) is 0 Å². The third-order valence-electron chi connectivity index (χ3n) is 3.92. The van der Waals surface area contributed by atoms with E-state index >= 15 is 0 Å². The van der Waals surface area contributed by atoms with Crippen molar-refractivity contribution >= 4 is 17.2 Å². The van der Waals surface area contributed by atoms with Crippen molar-refractivity contribution in [1.82, 2.24) is 10.2 Å². The summed E-state index contributed by atoms with van der Waals surface area (Å²) >= 11 is 1.51. The van der Waals surface area contributed by atoms with E-state index < -0.39 is 5.60 Å². The van der Waals surface area contributed by atoms with E-state index in [1.807, 2.05) is 13.0 Å². The molecule has 1 aliphatic heterocycles. The number of amides is 1. The summed E-state index contributed by atoms with van der Waals surface area (Å²) in [6, 6.07) is 1.95. The van der Waals surface area contributed by atoms with E-state index in [2.05, 4.69) is 17.1 Å². The van der Waals surface area contributed by atoms with Crippen LogP contribution in [0.5, 0.6) is 0 Å². The SMILES string of the molecule is CCc1cc(C(=O)NC[C@](C)(O)CN2CCOCC2)sc1C. The minimum atomic E-state index is -0.938. The first-order chi connectivity index (χ1) is 10.4. The van der Waals surface area contributed by atoms with Crippen molar-refractivity contribution in [2.75, 3.05) is 39.4 Å². The van der Waals surface area contributed by atoms with Crippen LogP contribution in [-0.2, 0) is 11.2 Å². The van der Waals surface area contributed by atoms with Crippen molar-refractivity contribution in [1.29, 1.82) is 0 Å². The van der Waals surface area contributed by atoms with E-state index in [0.717, 1.165) is 24.4 Å². The van der Waals surface area contributed by atoms with Crippen molar-refractivity contribution in [3.63, 3.8) is 0 Å². The molecule has 0 saturated carbocycles. The monoisotopic (exact) mass is 326 g/mol. The number of thiophene rings is 1. The zero-order valence-corrected chi connectivity index (χ0v) is 14.5. The standard InChI is InChI=1S/C16H26N2O3S/c1-4-13-9-14(22-12(13)2)15(19)17-10-16(3,20)11-18-5-7-21-8-6-18/h9,20H,4-8,10-11H2,1-3H3,(H,17,19)/t16-/m0/s1. The van der Waals surface area contributed by atoms with Crippen molar-refractivity contribution in [2.45, 2.75) is 32.8 Å². The zero-order chi connectivity index (χ0) is 16.2. The summed E-state index contributed by atoms with van der Waals surface area (Å²) in [5.41, 5.74) is 0.280. The Morgan fingerprint density at radius 2 is 2.18 bits per heavy atom. The van der Waals surface area contributed by atoms with E-state index in [4.69, 9.17) is 4.74 Å². The van der Waals surface area contributed by atoms with E-state index in [-0.39, 0.29) is 12.5 Å².